The number of carbonyl (C=O) groups is 1. The standard InChI is InChI=1S/C26H34N6O/c1-3-28-26(30-15-14-22-11-7-13-23(19-22)25(33)27-2)31-20-24-29-16-18-32(24)17-8-12-21-9-5-4-6-10-21/h4-7,9-11,13,16,18-19H,3,8,12,14-15,17,20H2,1-2H3,(H,27,33)(H2,28,30,31). The van der Waals surface area contributed by atoms with Crippen molar-refractivity contribution in [3.63, 3.8) is 0 Å². The third-order valence-corrected chi connectivity index (χ3v) is 5.35. The number of amides is 1. The molecule has 1 heterocycles. The van der Waals surface area contributed by atoms with Crippen molar-refractivity contribution in [2.24, 2.45) is 4.99 Å². The Kier molecular flexibility index (Phi) is 9.51. The van der Waals surface area contributed by atoms with Gasteiger partial charge in [-0.15, -0.1) is 0 Å². The zero-order valence-electron chi connectivity index (χ0n) is 19.6. The van der Waals surface area contributed by atoms with Crippen molar-refractivity contribution < 1.29 is 4.79 Å². The summed E-state index contributed by atoms with van der Waals surface area (Å²) in [4.78, 5) is 21.1. The molecule has 2 aromatic carbocycles. The van der Waals surface area contributed by atoms with Crippen LogP contribution in [0.25, 0.3) is 0 Å². The Balaban J connectivity index is 1.51. The van der Waals surface area contributed by atoms with Crippen LogP contribution in [-0.4, -0.2) is 41.6 Å². The lowest BCUT2D eigenvalue weighted by Gasteiger charge is -2.12. The molecule has 0 fully saturated rings. The fourth-order valence-corrected chi connectivity index (χ4v) is 3.62. The molecular weight excluding hydrogens is 412 g/mol. The van der Waals surface area contributed by atoms with Gasteiger partial charge < -0.3 is 20.5 Å². The van der Waals surface area contributed by atoms with Crippen LogP contribution in [0.15, 0.2) is 72.0 Å². The third-order valence-electron chi connectivity index (χ3n) is 5.35. The molecule has 3 N–H and O–H groups in total. The molecule has 7 nitrogen and oxygen atoms in total. The molecule has 0 atom stereocenters. The number of aromatic nitrogens is 2. The average Bonchev–Trinajstić information content (AvgIpc) is 3.30. The lowest BCUT2D eigenvalue weighted by Crippen LogP contribution is -2.38. The number of hydrogen-bond acceptors (Lipinski definition) is 3. The molecule has 0 spiro atoms. The number of nitrogens with one attached hydrogen (secondary N) is 3. The van der Waals surface area contributed by atoms with Gasteiger partial charge in [-0.05, 0) is 49.4 Å². The summed E-state index contributed by atoms with van der Waals surface area (Å²) in [6.07, 6.45) is 6.77. The lowest BCUT2D eigenvalue weighted by atomic mass is 10.1. The minimum absolute atomic E-state index is 0.0704. The van der Waals surface area contributed by atoms with E-state index in [-0.39, 0.29) is 5.91 Å². The molecule has 0 aliphatic carbocycles. The van der Waals surface area contributed by atoms with E-state index in [1.165, 1.54) is 5.56 Å². The highest BCUT2D eigenvalue weighted by Crippen LogP contribution is 2.07. The van der Waals surface area contributed by atoms with Crippen molar-refractivity contribution in [1.29, 1.82) is 0 Å². The smallest absolute Gasteiger partial charge is 0.251 e. The van der Waals surface area contributed by atoms with Crippen molar-refractivity contribution in [1.82, 2.24) is 25.5 Å². The van der Waals surface area contributed by atoms with Crippen molar-refractivity contribution >= 4 is 11.9 Å². The number of benzene rings is 2. The zero-order valence-corrected chi connectivity index (χ0v) is 19.6. The first-order chi connectivity index (χ1) is 16.2. The van der Waals surface area contributed by atoms with E-state index >= 15 is 0 Å². The average molecular weight is 447 g/mol. The second-order valence-corrected chi connectivity index (χ2v) is 7.78. The maximum Gasteiger partial charge on any atom is 0.251 e. The van der Waals surface area contributed by atoms with Crippen molar-refractivity contribution in [3.05, 3.63) is 89.5 Å². The molecule has 0 saturated heterocycles. The van der Waals surface area contributed by atoms with E-state index in [2.05, 4.69) is 56.7 Å². The molecule has 1 aromatic heterocycles. The molecule has 0 saturated carbocycles. The Morgan fingerprint density at radius 2 is 1.85 bits per heavy atom. The summed E-state index contributed by atoms with van der Waals surface area (Å²) in [5.41, 5.74) is 3.14. The Labute approximate surface area is 196 Å². The predicted molar refractivity (Wildman–Crippen MR) is 133 cm³/mol. The first-order valence-electron chi connectivity index (χ1n) is 11.6. The summed E-state index contributed by atoms with van der Waals surface area (Å²) in [6.45, 7) is 4.98. The Bertz CT molecular complexity index is 1030. The lowest BCUT2D eigenvalue weighted by molar-refractivity contribution is 0.0963. The van der Waals surface area contributed by atoms with Gasteiger partial charge in [-0.25, -0.2) is 9.98 Å². The highest BCUT2D eigenvalue weighted by Gasteiger charge is 2.06. The van der Waals surface area contributed by atoms with E-state index in [4.69, 9.17) is 4.99 Å². The van der Waals surface area contributed by atoms with Crippen LogP contribution < -0.4 is 16.0 Å². The van der Waals surface area contributed by atoms with Gasteiger partial charge in [0, 0.05) is 44.6 Å². The maximum atomic E-state index is 11.8. The van der Waals surface area contributed by atoms with Crippen LogP contribution in [0.4, 0.5) is 0 Å². The number of guanidine groups is 1. The Hall–Kier alpha value is -3.61. The van der Waals surface area contributed by atoms with Gasteiger partial charge in [-0.1, -0.05) is 42.5 Å². The number of nitrogens with zero attached hydrogens (tertiary/aromatic N) is 3. The van der Waals surface area contributed by atoms with E-state index in [0.29, 0.717) is 18.7 Å². The molecule has 0 aliphatic heterocycles. The quantitative estimate of drug-likeness (QED) is 0.312. The molecule has 0 unspecified atom stereocenters. The summed E-state index contributed by atoms with van der Waals surface area (Å²) in [6, 6.07) is 18.3. The summed E-state index contributed by atoms with van der Waals surface area (Å²) in [5.74, 6) is 1.65. The van der Waals surface area contributed by atoms with Crippen LogP contribution in [-0.2, 0) is 25.9 Å². The molecule has 7 heteroatoms. The third kappa shape index (κ3) is 7.79. The van der Waals surface area contributed by atoms with E-state index in [9.17, 15) is 4.79 Å². The van der Waals surface area contributed by atoms with Gasteiger partial charge in [0.1, 0.15) is 12.4 Å². The zero-order chi connectivity index (χ0) is 23.3. The Morgan fingerprint density at radius 3 is 2.64 bits per heavy atom. The minimum Gasteiger partial charge on any atom is -0.357 e. The fourth-order valence-electron chi connectivity index (χ4n) is 3.62. The van der Waals surface area contributed by atoms with Gasteiger partial charge >= 0.3 is 0 Å². The normalized spacial score (nSPS) is 11.3. The van der Waals surface area contributed by atoms with E-state index in [0.717, 1.165) is 49.7 Å². The Morgan fingerprint density at radius 1 is 1.03 bits per heavy atom. The van der Waals surface area contributed by atoms with Crippen LogP contribution in [0.3, 0.4) is 0 Å². The van der Waals surface area contributed by atoms with Crippen LogP contribution in [0.1, 0.15) is 40.7 Å². The van der Waals surface area contributed by atoms with Gasteiger partial charge in [0.15, 0.2) is 5.96 Å². The van der Waals surface area contributed by atoms with Crippen molar-refractivity contribution in [2.75, 3.05) is 20.1 Å². The molecular formula is C26H34N6O. The van der Waals surface area contributed by atoms with Crippen molar-refractivity contribution in [3.8, 4) is 0 Å². The second kappa shape index (κ2) is 13.1. The molecule has 3 rings (SSSR count). The molecule has 0 aliphatic rings. The highest BCUT2D eigenvalue weighted by atomic mass is 16.1. The monoisotopic (exact) mass is 446 g/mol. The summed E-state index contributed by atoms with van der Waals surface area (Å²) >= 11 is 0. The summed E-state index contributed by atoms with van der Waals surface area (Å²) < 4.78 is 2.18. The highest BCUT2D eigenvalue weighted by molar-refractivity contribution is 5.94. The fraction of sp³-hybridized carbons (Fsp3) is 0.346. The molecule has 1 amide bonds. The topological polar surface area (TPSA) is 83.3 Å². The largest absolute Gasteiger partial charge is 0.357 e. The van der Waals surface area contributed by atoms with E-state index in [1.54, 1.807) is 7.05 Å². The first kappa shape index (κ1) is 24.0. The van der Waals surface area contributed by atoms with Gasteiger partial charge in [0.05, 0.1) is 0 Å². The van der Waals surface area contributed by atoms with Gasteiger partial charge in [0.2, 0.25) is 0 Å². The van der Waals surface area contributed by atoms with Crippen LogP contribution in [0.5, 0.6) is 0 Å². The van der Waals surface area contributed by atoms with Crippen LogP contribution >= 0.6 is 0 Å². The minimum atomic E-state index is -0.0704. The first-order valence-corrected chi connectivity index (χ1v) is 11.6. The predicted octanol–water partition coefficient (Wildman–Crippen LogP) is 3.17. The number of hydrogen-bond donors (Lipinski definition) is 3. The maximum absolute atomic E-state index is 11.8. The molecule has 0 radical (unpaired) electrons. The van der Waals surface area contributed by atoms with Gasteiger partial charge in [-0.3, -0.25) is 4.79 Å². The van der Waals surface area contributed by atoms with E-state index < -0.39 is 0 Å². The second-order valence-electron chi connectivity index (χ2n) is 7.78. The molecule has 33 heavy (non-hydrogen) atoms. The molecule has 0 bridgehead atoms. The molecule has 3 aromatic rings. The van der Waals surface area contributed by atoms with Gasteiger partial charge in [-0.2, -0.15) is 0 Å². The van der Waals surface area contributed by atoms with Crippen LogP contribution in [0, 0.1) is 0 Å². The number of carbonyl (C=O) groups excluding carboxylic acids is 1. The van der Waals surface area contributed by atoms with Gasteiger partial charge in [0.25, 0.3) is 5.91 Å². The number of rotatable bonds is 11. The van der Waals surface area contributed by atoms with Crippen molar-refractivity contribution in [2.45, 2.75) is 39.3 Å². The SMILES string of the molecule is CCNC(=NCc1nccn1CCCc1ccccc1)NCCc1cccc(C(=O)NC)c1. The number of imidazole rings is 1. The summed E-state index contributed by atoms with van der Waals surface area (Å²) in [5, 5.41) is 9.34. The summed E-state index contributed by atoms with van der Waals surface area (Å²) in [7, 11) is 1.64. The molecule has 174 valence electrons. The number of aliphatic imine (C=N–C) groups is 1. The van der Waals surface area contributed by atoms with E-state index in [1.807, 2.05) is 42.7 Å². The van der Waals surface area contributed by atoms with Crippen LogP contribution in [0.2, 0.25) is 0 Å². The number of aryl methyl sites for hydroxylation is 2.